The minimum Gasteiger partial charge on any atom is -0.372 e. The number of hydrogen-bond donors (Lipinski definition) is 2. The number of pyridine rings is 1. The molecule has 3 aliphatic rings. The summed E-state index contributed by atoms with van der Waals surface area (Å²) in [5, 5.41) is 7.72. The Labute approximate surface area is 193 Å². The van der Waals surface area contributed by atoms with E-state index in [-0.39, 0.29) is 13.0 Å². The van der Waals surface area contributed by atoms with E-state index in [9.17, 15) is 8.78 Å². The fourth-order valence-corrected chi connectivity index (χ4v) is 4.90. The molecule has 2 saturated heterocycles. The minimum atomic E-state index is -2.68. The second-order valence-electron chi connectivity index (χ2n) is 9.23. The molecule has 0 radical (unpaired) electrons. The van der Waals surface area contributed by atoms with Crippen molar-refractivity contribution in [1.82, 2.24) is 10.3 Å². The van der Waals surface area contributed by atoms with Crippen molar-refractivity contribution >= 4 is 11.5 Å². The van der Waals surface area contributed by atoms with Crippen molar-refractivity contribution in [2.75, 3.05) is 56.0 Å². The summed E-state index contributed by atoms with van der Waals surface area (Å²) in [5.41, 5.74) is 3.02. The molecule has 8 heteroatoms. The van der Waals surface area contributed by atoms with Crippen molar-refractivity contribution in [2.45, 2.75) is 38.0 Å². The molecule has 2 N–H and O–H groups in total. The lowest BCUT2D eigenvalue weighted by Crippen LogP contribution is -2.48. The average Bonchev–Trinajstić information content (AvgIpc) is 3.13. The molecule has 2 fully saturated rings. The summed E-state index contributed by atoms with van der Waals surface area (Å²) in [6.07, 6.45) is 4.96. The highest BCUT2D eigenvalue weighted by Gasteiger charge is 2.41. The predicted molar refractivity (Wildman–Crippen MR) is 127 cm³/mol. The minimum absolute atomic E-state index is 0.131. The number of alkyl halides is 2. The average molecular weight is 455 g/mol. The highest BCUT2D eigenvalue weighted by molar-refractivity contribution is 5.64. The number of piperidine rings is 1. The van der Waals surface area contributed by atoms with Gasteiger partial charge in [-0.15, -0.1) is 0 Å². The molecule has 1 atom stereocenters. The van der Waals surface area contributed by atoms with Gasteiger partial charge in [-0.2, -0.15) is 0 Å². The fourth-order valence-electron chi connectivity index (χ4n) is 4.90. The molecular weight excluding hydrogens is 422 g/mol. The summed E-state index contributed by atoms with van der Waals surface area (Å²) < 4.78 is 28.7. The summed E-state index contributed by atoms with van der Waals surface area (Å²) in [6.45, 7) is 4.22. The van der Waals surface area contributed by atoms with Crippen LogP contribution in [-0.4, -0.2) is 56.7 Å². The number of benzene rings is 1. The van der Waals surface area contributed by atoms with Gasteiger partial charge in [-0.3, -0.25) is 9.98 Å². The van der Waals surface area contributed by atoms with Crippen LogP contribution in [0.5, 0.6) is 0 Å². The van der Waals surface area contributed by atoms with Crippen LogP contribution in [0.15, 0.2) is 40.3 Å². The van der Waals surface area contributed by atoms with E-state index < -0.39 is 11.8 Å². The summed E-state index contributed by atoms with van der Waals surface area (Å²) in [5.74, 6) is -2.91. The molecule has 0 amide bonds. The number of rotatable bonds is 5. The number of fused-ring (bicyclic) bond motifs is 1. The first-order valence-corrected chi connectivity index (χ1v) is 12.2. The summed E-state index contributed by atoms with van der Waals surface area (Å²) >= 11 is 0. The molecule has 0 bridgehead atoms. The van der Waals surface area contributed by atoms with Crippen molar-refractivity contribution < 1.29 is 8.78 Å². The molecule has 1 aromatic heterocycles. The molecule has 3 aliphatic heterocycles. The van der Waals surface area contributed by atoms with Crippen molar-refractivity contribution in [3.8, 4) is 11.3 Å². The molecule has 0 aliphatic carbocycles. The topological polar surface area (TPSA) is 64.9 Å². The van der Waals surface area contributed by atoms with Gasteiger partial charge in [-0.1, -0.05) is 25.0 Å². The molecule has 1 aromatic carbocycles. The number of nitrogens with zero attached hydrogens (tertiary/aromatic N) is 4. The SMILES string of the molecule is FC1(F)CCNCC1CNc1nc(-c2ccc(N3CCCCCC3)cc2)cc2c1=NCCN=2. The van der Waals surface area contributed by atoms with Crippen molar-refractivity contribution in [3.05, 3.63) is 41.0 Å². The Bertz CT molecular complexity index is 1080. The highest BCUT2D eigenvalue weighted by atomic mass is 19.3. The maximum absolute atomic E-state index is 14.3. The lowest BCUT2D eigenvalue weighted by atomic mass is 9.95. The van der Waals surface area contributed by atoms with Crippen LogP contribution in [-0.2, 0) is 0 Å². The van der Waals surface area contributed by atoms with Crippen LogP contribution in [0.3, 0.4) is 0 Å². The Balaban J connectivity index is 1.40. The summed E-state index contributed by atoms with van der Waals surface area (Å²) in [6, 6.07) is 10.5. The first kappa shape index (κ1) is 22.2. The van der Waals surface area contributed by atoms with Gasteiger partial charge in [0.15, 0.2) is 5.82 Å². The second kappa shape index (κ2) is 9.71. The summed E-state index contributed by atoms with van der Waals surface area (Å²) in [4.78, 5) is 16.5. The molecule has 4 heterocycles. The van der Waals surface area contributed by atoms with Crippen LogP contribution in [0.1, 0.15) is 32.1 Å². The molecule has 2 aromatic rings. The van der Waals surface area contributed by atoms with Crippen molar-refractivity contribution in [3.63, 3.8) is 0 Å². The van der Waals surface area contributed by atoms with E-state index in [4.69, 9.17) is 4.98 Å². The maximum atomic E-state index is 14.3. The predicted octanol–water partition coefficient (Wildman–Crippen LogP) is 3.04. The zero-order valence-corrected chi connectivity index (χ0v) is 19.0. The second-order valence-corrected chi connectivity index (χ2v) is 9.23. The Kier molecular flexibility index (Phi) is 6.53. The largest absolute Gasteiger partial charge is 0.372 e. The molecule has 6 nitrogen and oxygen atoms in total. The van der Waals surface area contributed by atoms with Gasteiger partial charge in [-0.25, -0.2) is 13.8 Å². The maximum Gasteiger partial charge on any atom is 0.255 e. The molecule has 0 saturated carbocycles. The first-order chi connectivity index (χ1) is 16.1. The third-order valence-electron chi connectivity index (χ3n) is 6.90. The zero-order valence-electron chi connectivity index (χ0n) is 19.0. The Hall–Kier alpha value is -2.61. The molecule has 5 rings (SSSR count). The van der Waals surface area contributed by atoms with Gasteiger partial charge < -0.3 is 15.5 Å². The number of aromatic nitrogens is 1. The van der Waals surface area contributed by atoms with Gasteiger partial charge in [0, 0.05) is 50.4 Å². The van der Waals surface area contributed by atoms with Crippen LogP contribution < -0.4 is 26.2 Å². The van der Waals surface area contributed by atoms with E-state index in [0.717, 1.165) is 29.7 Å². The lowest BCUT2D eigenvalue weighted by Gasteiger charge is -2.32. The van der Waals surface area contributed by atoms with Gasteiger partial charge in [0.05, 0.1) is 30.1 Å². The number of nitrogens with one attached hydrogen (secondary N) is 2. The Morgan fingerprint density at radius 2 is 1.79 bits per heavy atom. The van der Waals surface area contributed by atoms with Gasteiger partial charge >= 0.3 is 0 Å². The third kappa shape index (κ3) is 5.00. The molecule has 1 unspecified atom stereocenters. The molecule has 0 spiro atoms. The fraction of sp³-hybridized carbons (Fsp3) is 0.560. The van der Waals surface area contributed by atoms with E-state index in [2.05, 4.69) is 49.8 Å². The van der Waals surface area contributed by atoms with E-state index >= 15 is 0 Å². The third-order valence-corrected chi connectivity index (χ3v) is 6.90. The highest BCUT2D eigenvalue weighted by Crippen LogP contribution is 2.30. The quantitative estimate of drug-likeness (QED) is 0.729. The molecule has 33 heavy (non-hydrogen) atoms. The smallest absolute Gasteiger partial charge is 0.255 e. The van der Waals surface area contributed by atoms with Gasteiger partial charge in [0.2, 0.25) is 0 Å². The van der Waals surface area contributed by atoms with Crippen LogP contribution in [0.2, 0.25) is 0 Å². The van der Waals surface area contributed by atoms with Gasteiger partial charge in [-0.05, 0) is 31.0 Å². The van der Waals surface area contributed by atoms with Crippen molar-refractivity contribution in [1.29, 1.82) is 0 Å². The van der Waals surface area contributed by atoms with Gasteiger partial charge in [0.25, 0.3) is 5.92 Å². The van der Waals surface area contributed by atoms with E-state index in [1.54, 1.807) is 0 Å². The number of anilines is 2. The molecular formula is C25H32F2N6. The molecule has 176 valence electrons. The normalized spacial score (nSPS) is 22.5. The van der Waals surface area contributed by atoms with Crippen LogP contribution in [0.25, 0.3) is 11.3 Å². The van der Waals surface area contributed by atoms with Crippen LogP contribution in [0, 0.1) is 5.92 Å². The standard InChI is InChI=1S/C25H32F2N6/c26-25(27)9-10-28-16-19(25)17-31-24-23-22(29-11-12-30-23)15-21(32-24)18-5-7-20(8-6-18)33-13-3-1-2-4-14-33/h5-8,15,19,28H,1-4,9-14,16-17H2,(H,31,32). The van der Waals surface area contributed by atoms with Crippen molar-refractivity contribution in [2.24, 2.45) is 15.9 Å². The zero-order chi connectivity index (χ0) is 22.7. The van der Waals surface area contributed by atoms with Crippen LogP contribution >= 0.6 is 0 Å². The monoisotopic (exact) mass is 454 g/mol. The number of halogens is 2. The first-order valence-electron chi connectivity index (χ1n) is 12.2. The van der Waals surface area contributed by atoms with E-state index in [0.29, 0.717) is 37.4 Å². The Morgan fingerprint density at radius 1 is 1.03 bits per heavy atom. The van der Waals surface area contributed by atoms with E-state index in [1.807, 2.05) is 6.07 Å². The van der Waals surface area contributed by atoms with E-state index in [1.165, 1.54) is 31.4 Å². The Morgan fingerprint density at radius 3 is 2.55 bits per heavy atom. The summed E-state index contributed by atoms with van der Waals surface area (Å²) in [7, 11) is 0. The number of hydrogen-bond acceptors (Lipinski definition) is 6. The van der Waals surface area contributed by atoms with Gasteiger partial charge in [0.1, 0.15) is 5.36 Å². The van der Waals surface area contributed by atoms with Crippen LogP contribution in [0.4, 0.5) is 20.3 Å². The lowest BCUT2D eigenvalue weighted by molar-refractivity contribution is -0.0728.